The molecule has 1 saturated carbocycles. The van der Waals surface area contributed by atoms with E-state index in [4.69, 9.17) is 4.74 Å². The van der Waals surface area contributed by atoms with Crippen LogP contribution in [-0.4, -0.2) is 31.5 Å². The minimum Gasteiger partial charge on any atom is -0.859 e. The fraction of sp³-hybridized carbons (Fsp3) is 0.500. The van der Waals surface area contributed by atoms with Crippen LogP contribution in [0.4, 0.5) is 17.6 Å². The number of hydrogen-bond donors (Lipinski definition) is 0. The molecule has 8 heteroatoms. The Kier molecular flexibility index (Phi) is 3.97. The summed E-state index contributed by atoms with van der Waals surface area (Å²) in [5.41, 5.74) is -2.98. The third-order valence-electron chi connectivity index (χ3n) is 3.68. The summed E-state index contributed by atoms with van der Waals surface area (Å²) in [4.78, 5) is 4.20. The minimum absolute atomic E-state index is 0.252. The van der Waals surface area contributed by atoms with E-state index in [1.165, 1.54) is 12.1 Å². The molecule has 0 amide bonds. The Morgan fingerprint density at radius 2 is 1.82 bits per heavy atom. The molecule has 0 spiro atoms. The van der Waals surface area contributed by atoms with Crippen LogP contribution in [0.3, 0.4) is 0 Å². The van der Waals surface area contributed by atoms with E-state index in [1.807, 2.05) is 0 Å². The molecule has 1 aliphatic carbocycles. The van der Waals surface area contributed by atoms with Crippen molar-refractivity contribution in [2.75, 3.05) is 13.7 Å². The highest BCUT2D eigenvalue weighted by atomic mass is 19.3. The van der Waals surface area contributed by atoms with Crippen molar-refractivity contribution in [3.63, 3.8) is 0 Å². The molecule has 1 unspecified atom stereocenters. The summed E-state index contributed by atoms with van der Waals surface area (Å²) in [6.07, 6.45) is -1.33. The van der Waals surface area contributed by atoms with Gasteiger partial charge < -0.3 is 14.7 Å². The first-order valence-electron chi connectivity index (χ1n) is 6.50. The van der Waals surface area contributed by atoms with Gasteiger partial charge in [0, 0.05) is 12.3 Å². The van der Waals surface area contributed by atoms with Crippen LogP contribution in [-0.2, 0) is 10.3 Å². The molecule has 22 heavy (non-hydrogen) atoms. The first-order valence-corrected chi connectivity index (χ1v) is 6.50. The molecule has 0 radical (unpaired) electrons. The molecule has 122 valence electrons. The second-order valence-electron chi connectivity index (χ2n) is 4.90. The Morgan fingerprint density at radius 3 is 2.23 bits per heavy atom. The fourth-order valence-corrected chi connectivity index (χ4v) is 2.54. The van der Waals surface area contributed by atoms with Crippen LogP contribution in [0.5, 0.6) is 5.75 Å². The van der Waals surface area contributed by atoms with Gasteiger partial charge in [-0.2, -0.15) is 17.6 Å². The molecule has 0 aromatic heterocycles. The first kappa shape index (κ1) is 16.4. The van der Waals surface area contributed by atoms with E-state index in [0.717, 1.165) is 19.2 Å². The normalized spacial score (nSPS) is 26.2. The zero-order valence-electron chi connectivity index (χ0n) is 11.9. The topological polar surface area (TPSA) is 53.9 Å². The summed E-state index contributed by atoms with van der Waals surface area (Å²) in [6, 6.07) is 5.01. The van der Waals surface area contributed by atoms with Crippen molar-refractivity contribution in [2.45, 2.75) is 30.6 Å². The molecule has 0 aliphatic heterocycles. The fourth-order valence-electron chi connectivity index (χ4n) is 2.54. The third kappa shape index (κ3) is 2.08. The van der Waals surface area contributed by atoms with Crippen LogP contribution in [0.25, 0.3) is 0 Å². The van der Waals surface area contributed by atoms with Gasteiger partial charge in [0.1, 0.15) is 18.3 Å². The highest BCUT2D eigenvalue weighted by molar-refractivity contribution is 5.88. The number of oxime groups is 1. The van der Waals surface area contributed by atoms with Crippen molar-refractivity contribution < 1.29 is 32.2 Å². The third-order valence-corrected chi connectivity index (χ3v) is 3.68. The van der Waals surface area contributed by atoms with Crippen LogP contribution in [0.15, 0.2) is 29.4 Å². The Bertz CT molecular complexity index is 574. The van der Waals surface area contributed by atoms with Gasteiger partial charge in [-0.25, -0.2) is 0 Å². The molecule has 1 fully saturated rings. The van der Waals surface area contributed by atoms with Gasteiger partial charge in [0.15, 0.2) is 0 Å². The van der Waals surface area contributed by atoms with Gasteiger partial charge in [-0.1, -0.05) is 12.1 Å². The maximum Gasteiger partial charge on any atom is 0.324 e. The van der Waals surface area contributed by atoms with E-state index in [-0.39, 0.29) is 5.56 Å². The number of alkyl halides is 4. The molecule has 4 nitrogen and oxygen atoms in total. The SMILES string of the molecule is CCOc1ccc(C2(C([O-])=NOC)CC(F)(F)C2(F)F)cc1. The molecule has 0 heterocycles. The van der Waals surface area contributed by atoms with E-state index in [2.05, 4.69) is 9.99 Å². The highest BCUT2D eigenvalue weighted by Gasteiger charge is 2.81. The molecule has 1 atom stereocenters. The highest BCUT2D eigenvalue weighted by Crippen LogP contribution is 2.64. The van der Waals surface area contributed by atoms with Crippen LogP contribution in [0.1, 0.15) is 18.9 Å². The van der Waals surface area contributed by atoms with Gasteiger partial charge in [0.25, 0.3) is 0 Å². The summed E-state index contributed by atoms with van der Waals surface area (Å²) in [5.74, 6) is -9.88. The Labute approximate surface area is 124 Å². The van der Waals surface area contributed by atoms with Gasteiger partial charge in [-0.15, -0.1) is 5.16 Å². The summed E-state index contributed by atoms with van der Waals surface area (Å²) >= 11 is 0. The Hall–Kier alpha value is -1.99. The van der Waals surface area contributed by atoms with Crippen molar-refractivity contribution in [1.29, 1.82) is 0 Å². The van der Waals surface area contributed by atoms with E-state index >= 15 is 0 Å². The number of benzene rings is 1. The van der Waals surface area contributed by atoms with Crippen molar-refractivity contribution in [1.82, 2.24) is 0 Å². The number of ether oxygens (including phenoxy) is 1. The van der Waals surface area contributed by atoms with Gasteiger partial charge >= 0.3 is 11.8 Å². The van der Waals surface area contributed by atoms with Gasteiger partial charge in [0.05, 0.1) is 6.61 Å². The lowest BCUT2D eigenvalue weighted by Crippen LogP contribution is -2.74. The van der Waals surface area contributed by atoms with Gasteiger partial charge in [0.2, 0.25) is 0 Å². The average molecular weight is 320 g/mol. The van der Waals surface area contributed by atoms with E-state index in [1.54, 1.807) is 6.92 Å². The monoisotopic (exact) mass is 320 g/mol. The lowest BCUT2D eigenvalue weighted by atomic mass is 9.58. The lowest BCUT2D eigenvalue weighted by molar-refractivity contribution is -0.337. The van der Waals surface area contributed by atoms with E-state index < -0.39 is 29.6 Å². The minimum atomic E-state index is -4.55. The number of hydrogen-bond acceptors (Lipinski definition) is 4. The molecule has 0 N–H and O–H groups in total. The zero-order valence-corrected chi connectivity index (χ0v) is 11.9. The van der Waals surface area contributed by atoms with Gasteiger partial charge in [-0.05, 0) is 24.6 Å². The van der Waals surface area contributed by atoms with Crippen LogP contribution < -0.4 is 9.84 Å². The number of nitrogens with zero attached hydrogens (tertiary/aromatic N) is 1. The smallest absolute Gasteiger partial charge is 0.324 e. The van der Waals surface area contributed by atoms with Gasteiger partial charge in [-0.3, -0.25) is 0 Å². The number of rotatable bonds is 5. The summed E-state index contributed by atoms with van der Waals surface area (Å²) in [6.45, 7) is 2.09. The predicted molar refractivity (Wildman–Crippen MR) is 68.2 cm³/mol. The molecule has 1 aromatic rings. The summed E-state index contributed by atoms with van der Waals surface area (Å²) < 4.78 is 59.8. The average Bonchev–Trinajstić information content (AvgIpc) is 2.46. The van der Waals surface area contributed by atoms with Crippen molar-refractivity contribution >= 4 is 5.90 Å². The van der Waals surface area contributed by atoms with E-state index in [9.17, 15) is 22.7 Å². The quantitative estimate of drug-likeness (QED) is 0.362. The maximum atomic E-state index is 14.0. The lowest BCUT2D eigenvalue weighted by Gasteiger charge is -2.55. The zero-order chi connectivity index (χ0) is 16.6. The second kappa shape index (κ2) is 5.33. The standard InChI is InChI=1S/C14H15F4NO3/c1-3-22-10-6-4-9(5-7-10)12(11(20)19-21-2)8-13(15,16)14(12,17)18/h4-7H,3,8H2,1-2H3,(H,19,20)/p-1. The maximum absolute atomic E-state index is 14.0. The van der Waals surface area contributed by atoms with Crippen molar-refractivity contribution in [2.24, 2.45) is 5.16 Å². The molecule has 1 aliphatic rings. The van der Waals surface area contributed by atoms with Crippen LogP contribution in [0, 0.1) is 0 Å². The predicted octanol–water partition coefficient (Wildman–Crippen LogP) is 2.32. The number of halogens is 4. The molecule has 1 aromatic carbocycles. The van der Waals surface area contributed by atoms with Crippen LogP contribution >= 0.6 is 0 Å². The van der Waals surface area contributed by atoms with Crippen molar-refractivity contribution in [3.05, 3.63) is 29.8 Å². The molecule has 0 bridgehead atoms. The molecular weight excluding hydrogens is 306 g/mol. The summed E-state index contributed by atoms with van der Waals surface area (Å²) in [5, 5.41) is 14.9. The molecule has 2 rings (SSSR count). The molecular formula is C14H14F4NO3-. The van der Waals surface area contributed by atoms with Crippen LogP contribution in [0.2, 0.25) is 0 Å². The Balaban J connectivity index is 2.50. The Morgan fingerprint density at radius 1 is 1.23 bits per heavy atom. The largest absolute Gasteiger partial charge is 0.859 e. The molecule has 0 saturated heterocycles. The summed E-state index contributed by atoms with van der Waals surface area (Å²) in [7, 11) is 0.985. The second-order valence-corrected chi connectivity index (χ2v) is 4.90. The first-order chi connectivity index (χ1) is 10.2. The van der Waals surface area contributed by atoms with Crippen molar-refractivity contribution in [3.8, 4) is 5.75 Å². The van der Waals surface area contributed by atoms with E-state index in [0.29, 0.717) is 12.4 Å².